The maximum atomic E-state index is 12.3. The van der Waals surface area contributed by atoms with Crippen LogP contribution in [0.25, 0.3) is 17.1 Å². The van der Waals surface area contributed by atoms with Crippen LogP contribution in [0.5, 0.6) is 5.75 Å². The summed E-state index contributed by atoms with van der Waals surface area (Å²) in [6.07, 6.45) is -0.513. The van der Waals surface area contributed by atoms with Crippen LogP contribution < -0.4 is 10.1 Å². The van der Waals surface area contributed by atoms with Crippen molar-refractivity contribution < 1.29 is 22.7 Å². The molecular weight excluding hydrogens is 423 g/mol. The van der Waals surface area contributed by atoms with Crippen LogP contribution in [0.15, 0.2) is 59.9 Å². The molecule has 0 bridgehead atoms. The molecule has 166 valence electrons. The van der Waals surface area contributed by atoms with Gasteiger partial charge in [0.15, 0.2) is 5.82 Å². The molecule has 10 heteroatoms. The van der Waals surface area contributed by atoms with Crippen molar-refractivity contribution in [1.29, 1.82) is 0 Å². The van der Waals surface area contributed by atoms with E-state index in [1.54, 1.807) is 0 Å². The maximum Gasteiger partial charge on any atom is 0.573 e. The van der Waals surface area contributed by atoms with Crippen LogP contribution in [0.1, 0.15) is 30.7 Å². The molecule has 1 saturated carbocycles. The van der Waals surface area contributed by atoms with Gasteiger partial charge in [-0.05, 0) is 61.7 Å². The first-order chi connectivity index (χ1) is 15.3. The number of hydrogen-bond donors (Lipinski definition) is 1. The highest BCUT2D eigenvalue weighted by Gasteiger charge is 2.31. The minimum atomic E-state index is -4.73. The number of nitrogens with one attached hydrogen (secondary N) is 1. The zero-order valence-corrected chi connectivity index (χ0v) is 16.9. The molecule has 0 saturated heterocycles. The molecule has 1 N–H and O–H groups in total. The lowest BCUT2D eigenvalue weighted by molar-refractivity contribution is -0.274. The molecular formula is C22H20F3N5O2. The third-order valence-electron chi connectivity index (χ3n) is 5.37. The van der Waals surface area contributed by atoms with Crippen LogP contribution in [-0.2, 0) is 0 Å². The van der Waals surface area contributed by atoms with E-state index in [4.69, 9.17) is 0 Å². The largest absolute Gasteiger partial charge is 0.573 e. The minimum Gasteiger partial charge on any atom is -0.406 e. The molecule has 7 nitrogen and oxygen atoms in total. The summed E-state index contributed by atoms with van der Waals surface area (Å²) in [5.74, 6) is 0.551. The standard InChI is InChI=1S/C22H20F3N5O2/c1-26-21(31)28-17-7-6-16(12-17)14-2-4-15(5-3-14)20-27-13-30(29-20)18-8-10-19(11-9-18)32-22(23,24)25/h2-5,8-11,13,16-17H,1,6-7,12H2,(H,28,31). The molecule has 1 aliphatic rings. The predicted molar refractivity (Wildman–Crippen MR) is 112 cm³/mol. The summed E-state index contributed by atoms with van der Waals surface area (Å²) in [6, 6.07) is 13.0. The molecule has 2 atom stereocenters. The van der Waals surface area contributed by atoms with E-state index < -0.39 is 12.4 Å². The number of halogens is 3. The number of nitrogens with zero attached hydrogens (tertiary/aromatic N) is 4. The van der Waals surface area contributed by atoms with E-state index >= 15 is 0 Å². The second kappa shape index (κ2) is 8.81. The number of alkyl halides is 3. The van der Waals surface area contributed by atoms with Crippen molar-refractivity contribution in [2.75, 3.05) is 0 Å². The van der Waals surface area contributed by atoms with Gasteiger partial charge in [-0.2, -0.15) is 0 Å². The average molecular weight is 443 g/mol. The van der Waals surface area contributed by atoms with E-state index in [2.05, 4.69) is 31.8 Å². The highest BCUT2D eigenvalue weighted by Crippen LogP contribution is 2.35. The van der Waals surface area contributed by atoms with Crippen LogP contribution in [0, 0.1) is 0 Å². The zero-order chi connectivity index (χ0) is 22.7. The SMILES string of the molecule is C=NC(=O)NC1CCC(c2ccc(-c3ncn(-c4ccc(OC(F)(F)F)cc4)n3)cc2)C1. The molecule has 0 spiro atoms. The maximum absolute atomic E-state index is 12.3. The summed E-state index contributed by atoms with van der Waals surface area (Å²) >= 11 is 0. The van der Waals surface area contributed by atoms with Crippen molar-refractivity contribution in [1.82, 2.24) is 20.1 Å². The molecule has 1 aliphatic carbocycles. The van der Waals surface area contributed by atoms with Crippen LogP contribution in [0.4, 0.5) is 18.0 Å². The predicted octanol–water partition coefficient (Wildman–Crippen LogP) is 4.88. The molecule has 2 aromatic carbocycles. The van der Waals surface area contributed by atoms with E-state index in [-0.39, 0.29) is 11.8 Å². The van der Waals surface area contributed by atoms with E-state index in [9.17, 15) is 18.0 Å². The second-order valence-electron chi connectivity index (χ2n) is 7.49. The molecule has 32 heavy (non-hydrogen) atoms. The number of carbonyl (C=O) groups is 1. The van der Waals surface area contributed by atoms with Gasteiger partial charge in [0.25, 0.3) is 0 Å². The Balaban J connectivity index is 1.41. The Kier molecular flexibility index (Phi) is 5.93. The lowest BCUT2D eigenvalue weighted by Gasteiger charge is -2.12. The number of carbonyl (C=O) groups excluding carboxylic acids is 1. The van der Waals surface area contributed by atoms with Crippen LogP contribution in [-0.4, -0.2) is 39.9 Å². The van der Waals surface area contributed by atoms with Gasteiger partial charge in [-0.1, -0.05) is 24.3 Å². The fraction of sp³-hybridized carbons (Fsp3) is 0.273. The number of aromatic nitrogens is 3. The molecule has 2 unspecified atom stereocenters. The average Bonchev–Trinajstić information content (AvgIpc) is 3.43. The Bertz CT molecular complexity index is 1090. The monoisotopic (exact) mass is 443 g/mol. The molecule has 1 fully saturated rings. The van der Waals surface area contributed by atoms with Gasteiger partial charge in [-0.25, -0.2) is 19.5 Å². The zero-order valence-electron chi connectivity index (χ0n) is 16.9. The topological polar surface area (TPSA) is 81.4 Å². The third-order valence-corrected chi connectivity index (χ3v) is 5.37. The second-order valence-corrected chi connectivity index (χ2v) is 7.49. The van der Waals surface area contributed by atoms with Gasteiger partial charge >= 0.3 is 12.4 Å². The number of hydrogen-bond acceptors (Lipinski definition) is 4. The first-order valence-corrected chi connectivity index (χ1v) is 9.96. The van der Waals surface area contributed by atoms with Crippen molar-refractivity contribution >= 4 is 12.7 Å². The van der Waals surface area contributed by atoms with Crippen LogP contribution >= 0.6 is 0 Å². The number of urea groups is 1. The summed E-state index contributed by atoms with van der Waals surface area (Å²) in [5, 5.41) is 7.26. The van der Waals surface area contributed by atoms with Crippen LogP contribution in [0.2, 0.25) is 0 Å². The van der Waals surface area contributed by atoms with E-state index in [1.165, 1.54) is 40.8 Å². The Morgan fingerprint density at radius 1 is 1.12 bits per heavy atom. The lowest BCUT2D eigenvalue weighted by atomic mass is 9.96. The van der Waals surface area contributed by atoms with E-state index in [0.717, 1.165) is 24.8 Å². The van der Waals surface area contributed by atoms with Crippen molar-refractivity contribution in [2.24, 2.45) is 4.99 Å². The van der Waals surface area contributed by atoms with Gasteiger partial charge in [0.2, 0.25) is 0 Å². The number of benzene rings is 2. The number of rotatable bonds is 5. The summed E-state index contributed by atoms with van der Waals surface area (Å²) in [6.45, 7) is 3.23. The number of amides is 2. The lowest BCUT2D eigenvalue weighted by Crippen LogP contribution is -2.30. The Morgan fingerprint density at radius 2 is 1.84 bits per heavy atom. The highest BCUT2D eigenvalue weighted by molar-refractivity contribution is 5.79. The minimum absolute atomic E-state index is 0.1000. The summed E-state index contributed by atoms with van der Waals surface area (Å²) in [7, 11) is 0. The van der Waals surface area contributed by atoms with Crippen LogP contribution in [0.3, 0.4) is 0 Å². The van der Waals surface area contributed by atoms with Crippen molar-refractivity contribution in [3.8, 4) is 22.8 Å². The Morgan fingerprint density at radius 3 is 2.50 bits per heavy atom. The fourth-order valence-corrected chi connectivity index (χ4v) is 3.86. The Labute approximate surface area is 182 Å². The number of aliphatic imine (C=N–C) groups is 1. The summed E-state index contributed by atoms with van der Waals surface area (Å²) in [4.78, 5) is 19.1. The van der Waals surface area contributed by atoms with Crippen molar-refractivity contribution in [3.05, 3.63) is 60.4 Å². The number of ether oxygens (including phenoxy) is 1. The molecule has 4 rings (SSSR count). The molecule has 1 aromatic heterocycles. The molecule has 2 amide bonds. The molecule has 3 aromatic rings. The summed E-state index contributed by atoms with van der Waals surface area (Å²) in [5.41, 5.74) is 2.56. The first kappa shape index (κ1) is 21.5. The quantitative estimate of drug-likeness (QED) is 0.570. The van der Waals surface area contributed by atoms with Crippen molar-refractivity contribution in [3.63, 3.8) is 0 Å². The first-order valence-electron chi connectivity index (χ1n) is 9.96. The fourth-order valence-electron chi connectivity index (χ4n) is 3.86. The third kappa shape index (κ3) is 5.13. The van der Waals surface area contributed by atoms with Crippen molar-refractivity contribution in [2.45, 2.75) is 37.6 Å². The van der Waals surface area contributed by atoms with Gasteiger partial charge in [0.05, 0.1) is 5.69 Å². The van der Waals surface area contributed by atoms with Gasteiger partial charge < -0.3 is 10.1 Å². The van der Waals surface area contributed by atoms with Gasteiger partial charge in [-0.15, -0.1) is 18.3 Å². The van der Waals surface area contributed by atoms with Gasteiger partial charge in [0, 0.05) is 11.6 Å². The van der Waals surface area contributed by atoms with Gasteiger partial charge in [0.1, 0.15) is 12.1 Å². The Hall–Kier alpha value is -3.69. The molecule has 1 heterocycles. The van der Waals surface area contributed by atoms with Gasteiger partial charge in [-0.3, -0.25) is 0 Å². The summed E-state index contributed by atoms with van der Waals surface area (Å²) < 4.78 is 42.2. The molecule has 0 aliphatic heterocycles. The highest BCUT2D eigenvalue weighted by atomic mass is 19.4. The van der Waals surface area contributed by atoms with E-state index in [0.29, 0.717) is 17.4 Å². The van der Waals surface area contributed by atoms with E-state index in [1.807, 2.05) is 24.3 Å². The molecule has 0 radical (unpaired) electrons. The smallest absolute Gasteiger partial charge is 0.406 e. The normalized spacial score (nSPS) is 18.3.